The average molecular weight is 421 g/mol. The second kappa shape index (κ2) is 8.56. The summed E-state index contributed by atoms with van der Waals surface area (Å²) in [6, 6.07) is 11.6. The Labute approximate surface area is 170 Å². The molecular formula is C21H19F4N3O2. The van der Waals surface area contributed by atoms with Crippen LogP contribution in [0.15, 0.2) is 54.7 Å². The highest BCUT2D eigenvalue weighted by atomic mass is 19.4. The standard InChI is InChI=1S/C21H19F4N3O2/c1-13(2)28-19(21(23,24)25)18(12-27-28)20(29)26-11-14-3-7-16(8-4-14)30-17-9-5-15(22)6-10-17/h3-10,12-13H,11H2,1-2H3,(H,26,29). The maximum Gasteiger partial charge on any atom is 0.433 e. The first-order valence-corrected chi connectivity index (χ1v) is 9.10. The molecule has 1 aromatic heterocycles. The summed E-state index contributed by atoms with van der Waals surface area (Å²) in [6.07, 6.45) is -3.77. The van der Waals surface area contributed by atoms with Crippen molar-refractivity contribution in [3.05, 3.63) is 77.4 Å². The first-order chi connectivity index (χ1) is 14.1. The van der Waals surface area contributed by atoms with Crippen LogP contribution >= 0.6 is 0 Å². The Morgan fingerprint density at radius 3 is 2.17 bits per heavy atom. The van der Waals surface area contributed by atoms with Gasteiger partial charge in [0.15, 0.2) is 5.69 Å². The molecule has 0 aliphatic heterocycles. The second-order valence-corrected chi connectivity index (χ2v) is 6.83. The summed E-state index contributed by atoms with van der Waals surface area (Å²) in [5, 5.41) is 6.19. The minimum absolute atomic E-state index is 0.0276. The van der Waals surface area contributed by atoms with Gasteiger partial charge in [-0.3, -0.25) is 9.48 Å². The maximum atomic E-state index is 13.4. The molecule has 3 aromatic rings. The van der Waals surface area contributed by atoms with E-state index >= 15 is 0 Å². The van der Waals surface area contributed by atoms with Crippen LogP contribution in [0.2, 0.25) is 0 Å². The van der Waals surface area contributed by atoms with Gasteiger partial charge < -0.3 is 10.1 Å². The van der Waals surface area contributed by atoms with Crippen molar-refractivity contribution < 1.29 is 27.1 Å². The molecule has 0 saturated carbocycles. The number of nitrogens with one attached hydrogen (secondary N) is 1. The lowest BCUT2D eigenvalue weighted by atomic mass is 10.2. The Morgan fingerprint density at radius 2 is 1.63 bits per heavy atom. The van der Waals surface area contributed by atoms with Crippen molar-refractivity contribution in [2.45, 2.75) is 32.6 Å². The van der Waals surface area contributed by atoms with Crippen molar-refractivity contribution in [3.8, 4) is 11.5 Å². The number of ether oxygens (including phenoxy) is 1. The summed E-state index contributed by atoms with van der Waals surface area (Å²) >= 11 is 0. The molecular weight excluding hydrogens is 402 g/mol. The van der Waals surface area contributed by atoms with Crippen molar-refractivity contribution in [3.63, 3.8) is 0 Å². The van der Waals surface area contributed by atoms with Gasteiger partial charge in [0.1, 0.15) is 17.3 Å². The van der Waals surface area contributed by atoms with Crippen molar-refractivity contribution in [1.82, 2.24) is 15.1 Å². The third kappa shape index (κ3) is 4.97. The molecule has 5 nitrogen and oxygen atoms in total. The summed E-state index contributed by atoms with van der Waals surface area (Å²) < 4.78 is 59.5. The fourth-order valence-corrected chi connectivity index (χ4v) is 2.79. The Bertz CT molecular complexity index is 1010. The van der Waals surface area contributed by atoms with Crippen molar-refractivity contribution in [2.24, 2.45) is 0 Å². The molecule has 1 heterocycles. The van der Waals surface area contributed by atoms with Gasteiger partial charge in [0, 0.05) is 12.6 Å². The number of aromatic nitrogens is 2. The summed E-state index contributed by atoms with van der Waals surface area (Å²) in [5.41, 5.74) is -0.926. The Kier molecular flexibility index (Phi) is 6.09. The van der Waals surface area contributed by atoms with E-state index in [2.05, 4.69) is 10.4 Å². The Morgan fingerprint density at radius 1 is 1.07 bits per heavy atom. The summed E-state index contributed by atoms with van der Waals surface area (Å²) in [4.78, 5) is 12.3. The summed E-state index contributed by atoms with van der Waals surface area (Å²) in [7, 11) is 0. The number of hydrogen-bond donors (Lipinski definition) is 1. The zero-order valence-electron chi connectivity index (χ0n) is 16.2. The Balaban J connectivity index is 1.66. The van der Waals surface area contributed by atoms with Gasteiger partial charge in [-0.15, -0.1) is 0 Å². The molecule has 1 amide bonds. The number of benzene rings is 2. The van der Waals surface area contributed by atoms with Gasteiger partial charge in [-0.2, -0.15) is 18.3 Å². The van der Waals surface area contributed by atoms with E-state index in [4.69, 9.17) is 4.74 Å². The number of amides is 1. The van der Waals surface area contributed by atoms with Gasteiger partial charge in [0.2, 0.25) is 0 Å². The molecule has 0 atom stereocenters. The van der Waals surface area contributed by atoms with Crippen LogP contribution in [0.4, 0.5) is 17.6 Å². The van der Waals surface area contributed by atoms with Gasteiger partial charge in [-0.1, -0.05) is 12.1 Å². The molecule has 0 unspecified atom stereocenters. The molecule has 0 fully saturated rings. The molecule has 3 rings (SSSR count). The highest BCUT2D eigenvalue weighted by Gasteiger charge is 2.40. The fourth-order valence-electron chi connectivity index (χ4n) is 2.79. The molecule has 0 spiro atoms. The van der Waals surface area contributed by atoms with E-state index in [1.807, 2.05) is 0 Å². The van der Waals surface area contributed by atoms with Gasteiger partial charge >= 0.3 is 6.18 Å². The summed E-state index contributed by atoms with van der Waals surface area (Å²) in [6.45, 7) is 3.14. The van der Waals surface area contributed by atoms with Gasteiger partial charge in [-0.25, -0.2) is 4.39 Å². The average Bonchev–Trinajstić information content (AvgIpc) is 3.15. The third-order valence-electron chi connectivity index (χ3n) is 4.22. The third-order valence-corrected chi connectivity index (χ3v) is 4.22. The van der Waals surface area contributed by atoms with Crippen molar-refractivity contribution >= 4 is 5.91 Å². The number of hydrogen-bond acceptors (Lipinski definition) is 3. The maximum absolute atomic E-state index is 13.4. The van der Waals surface area contributed by atoms with Crippen molar-refractivity contribution in [1.29, 1.82) is 0 Å². The van der Waals surface area contributed by atoms with Crippen LogP contribution < -0.4 is 10.1 Å². The van der Waals surface area contributed by atoms with Crippen LogP contribution in [0.25, 0.3) is 0 Å². The van der Waals surface area contributed by atoms with Gasteiger partial charge in [-0.05, 0) is 55.8 Å². The fraction of sp³-hybridized carbons (Fsp3) is 0.238. The van der Waals surface area contributed by atoms with Crippen LogP contribution in [-0.4, -0.2) is 15.7 Å². The zero-order valence-corrected chi connectivity index (χ0v) is 16.2. The van der Waals surface area contributed by atoms with Gasteiger partial charge in [0.05, 0.1) is 11.8 Å². The zero-order chi connectivity index (χ0) is 21.9. The second-order valence-electron chi connectivity index (χ2n) is 6.83. The molecule has 30 heavy (non-hydrogen) atoms. The number of halogens is 4. The lowest BCUT2D eigenvalue weighted by Crippen LogP contribution is -2.26. The molecule has 0 radical (unpaired) electrons. The van der Waals surface area contributed by atoms with Crippen LogP contribution in [0.3, 0.4) is 0 Å². The quantitative estimate of drug-likeness (QED) is 0.547. The molecule has 2 aromatic carbocycles. The predicted molar refractivity (Wildman–Crippen MR) is 102 cm³/mol. The normalized spacial score (nSPS) is 11.6. The van der Waals surface area contributed by atoms with E-state index < -0.39 is 29.4 Å². The minimum atomic E-state index is -4.70. The van der Waals surface area contributed by atoms with Crippen LogP contribution in [0, 0.1) is 5.82 Å². The number of carbonyl (C=O) groups is 1. The number of nitrogens with zero attached hydrogens (tertiary/aromatic N) is 2. The van der Waals surface area contributed by atoms with E-state index in [0.717, 1.165) is 10.9 Å². The molecule has 0 aliphatic carbocycles. The molecule has 9 heteroatoms. The highest BCUT2D eigenvalue weighted by Crippen LogP contribution is 2.33. The lowest BCUT2D eigenvalue weighted by Gasteiger charge is -2.15. The number of alkyl halides is 3. The first-order valence-electron chi connectivity index (χ1n) is 9.10. The molecule has 0 saturated heterocycles. The van der Waals surface area contributed by atoms with E-state index in [9.17, 15) is 22.4 Å². The van der Waals surface area contributed by atoms with E-state index in [1.165, 1.54) is 24.3 Å². The van der Waals surface area contributed by atoms with Crippen molar-refractivity contribution in [2.75, 3.05) is 0 Å². The molecule has 1 N–H and O–H groups in total. The molecule has 0 bridgehead atoms. The van der Waals surface area contributed by atoms with Crippen LogP contribution in [0.1, 0.15) is 41.5 Å². The topological polar surface area (TPSA) is 56.2 Å². The first kappa shape index (κ1) is 21.4. The smallest absolute Gasteiger partial charge is 0.433 e. The number of rotatable bonds is 6. The van der Waals surface area contributed by atoms with Crippen LogP contribution in [-0.2, 0) is 12.7 Å². The lowest BCUT2D eigenvalue weighted by molar-refractivity contribution is -0.145. The van der Waals surface area contributed by atoms with E-state index in [-0.39, 0.29) is 12.4 Å². The number of carbonyl (C=O) groups excluding carboxylic acids is 1. The predicted octanol–water partition coefficient (Wildman–Crippen LogP) is 5.34. The van der Waals surface area contributed by atoms with E-state index in [0.29, 0.717) is 17.1 Å². The molecule has 0 aliphatic rings. The summed E-state index contributed by atoms with van der Waals surface area (Å²) in [5.74, 6) is -0.282. The van der Waals surface area contributed by atoms with Gasteiger partial charge in [0.25, 0.3) is 5.91 Å². The highest BCUT2D eigenvalue weighted by molar-refractivity contribution is 5.95. The largest absolute Gasteiger partial charge is 0.457 e. The van der Waals surface area contributed by atoms with E-state index in [1.54, 1.807) is 38.1 Å². The Hall–Kier alpha value is -3.36. The monoisotopic (exact) mass is 421 g/mol. The molecule has 158 valence electrons. The minimum Gasteiger partial charge on any atom is -0.457 e. The SMILES string of the molecule is CC(C)n1ncc(C(=O)NCc2ccc(Oc3ccc(F)cc3)cc2)c1C(F)(F)F. The van der Waals surface area contributed by atoms with Crippen LogP contribution in [0.5, 0.6) is 11.5 Å².